The number of rotatable bonds is 8. The molecule has 0 saturated heterocycles. The van der Waals surface area contributed by atoms with Crippen LogP contribution in [0.3, 0.4) is 0 Å². The monoisotopic (exact) mass is 386 g/mol. The van der Waals surface area contributed by atoms with Crippen LogP contribution in [0, 0.1) is 5.92 Å². The Kier molecular flexibility index (Phi) is 7.61. The average molecular weight is 387 g/mol. The zero-order valence-corrected chi connectivity index (χ0v) is 17.0. The van der Waals surface area contributed by atoms with Crippen LogP contribution in [0.15, 0.2) is 47.2 Å². The van der Waals surface area contributed by atoms with Crippen molar-refractivity contribution in [3.05, 3.63) is 58.3 Å². The van der Waals surface area contributed by atoms with Gasteiger partial charge in [-0.05, 0) is 52.1 Å². The molecule has 2 aromatic rings. The van der Waals surface area contributed by atoms with Gasteiger partial charge in [0.2, 0.25) is 11.8 Å². The highest BCUT2D eigenvalue weighted by Crippen LogP contribution is 2.13. The Morgan fingerprint density at radius 1 is 1.22 bits per heavy atom. The van der Waals surface area contributed by atoms with Crippen molar-refractivity contribution in [3.63, 3.8) is 0 Å². The maximum absolute atomic E-state index is 12.8. The van der Waals surface area contributed by atoms with Gasteiger partial charge < -0.3 is 15.0 Å². The molecule has 1 atom stereocenters. The summed E-state index contributed by atoms with van der Waals surface area (Å²) in [4.78, 5) is 26.7. The van der Waals surface area contributed by atoms with Gasteiger partial charge in [-0.2, -0.15) is 11.3 Å². The maximum atomic E-state index is 12.8. The summed E-state index contributed by atoms with van der Waals surface area (Å²) in [7, 11) is 3.37. The first kappa shape index (κ1) is 20.7. The van der Waals surface area contributed by atoms with Crippen LogP contribution in [0.4, 0.5) is 0 Å². The summed E-state index contributed by atoms with van der Waals surface area (Å²) < 4.78 is 5.11. The third-order valence-corrected chi connectivity index (χ3v) is 4.88. The molecular weight excluding hydrogens is 360 g/mol. The number of nitrogens with zero attached hydrogens (tertiary/aromatic N) is 1. The van der Waals surface area contributed by atoms with Gasteiger partial charge in [0.15, 0.2) is 0 Å². The molecule has 144 valence electrons. The number of ether oxygens (including phenoxy) is 1. The molecule has 1 aromatic carbocycles. The van der Waals surface area contributed by atoms with E-state index in [1.807, 2.05) is 54.9 Å². The minimum absolute atomic E-state index is 0.0132. The van der Waals surface area contributed by atoms with Crippen molar-refractivity contribution in [2.45, 2.75) is 26.4 Å². The van der Waals surface area contributed by atoms with Crippen molar-refractivity contribution in [2.75, 3.05) is 14.2 Å². The van der Waals surface area contributed by atoms with Crippen molar-refractivity contribution in [1.29, 1.82) is 0 Å². The van der Waals surface area contributed by atoms with E-state index >= 15 is 0 Å². The second-order valence-corrected chi connectivity index (χ2v) is 7.44. The van der Waals surface area contributed by atoms with Crippen LogP contribution in [0.2, 0.25) is 0 Å². The second kappa shape index (κ2) is 9.92. The number of hydrogen-bond donors (Lipinski definition) is 1. The van der Waals surface area contributed by atoms with Crippen molar-refractivity contribution in [1.82, 2.24) is 10.2 Å². The molecule has 6 heteroatoms. The topological polar surface area (TPSA) is 58.6 Å². The van der Waals surface area contributed by atoms with Gasteiger partial charge in [-0.3, -0.25) is 9.59 Å². The molecule has 0 saturated carbocycles. The fourth-order valence-corrected chi connectivity index (χ4v) is 3.23. The van der Waals surface area contributed by atoms with Crippen molar-refractivity contribution < 1.29 is 14.3 Å². The van der Waals surface area contributed by atoms with Crippen LogP contribution in [-0.2, 0) is 16.1 Å². The lowest BCUT2D eigenvalue weighted by molar-refractivity contribution is -0.136. The Hall–Kier alpha value is -2.60. The largest absolute Gasteiger partial charge is 0.497 e. The fourth-order valence-electron chi connectivity index (χ4n) is 2.57. The van der Waals surface area contributed by atoms with Gasteiger partial charge in [-0.15, -0.1) is 0 Å². The van der Waals surface area contributed by atoms with E-state index in [-0.39, 0.29) is 17.7 Å². The lowest BCUT2D eigenvalue weighted by atomic mass is 10.0. The molecule has 0 unspecified atom stereocenters. The quantitative estimate of drug-likeness (QED) is 0.706. The van der Waals surface area contributed by atoms with Gasteiger partial charge in [0.25, 0.3) is 0 Å². The number of methoxy groups -OCH3 is 1. The van der Waals surface area contributed by atoms with Gasteiger partial charge in [0, 0.05) is 19.7 Å². The number of likely N-dealkylation sites (N-methyl/N-ethyl adjacent to an activating group) is 1. The highest BCUT2D eigenvalue weighted by Gasteiger charge is 2.26. The van der Waals surface area contributed by atoms with E-state index in [2.05, 4.69) is 5.32 Å². The predicted molar refractivity (Wildman–Crippen MR) is 110 cm³/mol. The number of carbonyl (C=O) groups excluding carboxylic acids is 2. The molecule has 27 heavy (non-hydrogen) atoms. The van der Waals surface area contributed by atoms with Crippen molar-refractivity contribution in [3.8, 4) is 5.75 Å². The van der Waals surface area contributed by atoms with Crippen LogP contribution in [0.5, 0.6) is 5.75 Å². The summed E-state index contributed by atoms with van der Waals surface area (Å²) in [5.41, 5.74) is 1.97. The van der Waals surface area contributed by atoms with E-state index in [1.54, 1.807) is 36.5 Å². The summed E-state index contributed by atoms with van der Waals surface area (Å²) in [6.07, 6.45) is 3.16. The zero-order chi connectivity index (χ0) is 19.8. The fraction of sp³-hybridized carbons (Fsp3) is 0.333. The molecule has 0 radical (unpaired) electrons. The molecule has 1 aromatic heterocycles. The van der Waals surface area contributed by atoms with E-state index in [0.29, 0.717) is 6.54 Å². The number of nitrogens with one attached hydrogen (secondary N) is 1. The minimum Gasteiger partial charge on any atom is -0.497 e. The van der Waals surface area contributed by atoms with E-state index in [1.165, 1.54) is 6.08 Å². The van der Waals surface area contributed by atoms with Crippen LogP contribution in [0.1, 0.15) is 25.0 Å². The number of amides is 2. The highest BCUT2D eigenvalue weighted by molar-refractivity contribution is 7.07. The molecule has 5 nitrogen and oxygen atoms in total. The second-order valence-electron chi connectivity index (χ2n) is 6.66. The third kappa shape index (κ3) is 6.25. The predicted octanol–water partition coefficient (Wildman–Crippen LogP) is 3.57. The average Bonchev–Trinajstić information content (AvgIpc) is 3.17. The Morgan fingerprint density at radius 3 is 2.48 bits per heavy atom. The molecule has 1 heterocycles. The van der Waals surface area contributed by atoms with E-state index < -0.39 is 6.04 Å². The van der Waals surface area contributed by atoms with E-state index in [4.69, 9.17) is 4.74 Å². The first-order valence-electron chi connectivity index (χ1n) is 8.79. The Morgan fingerprint density at radius 2 is 1.93 bits per heavy atom. The van der Waals surface area contributed by atoms with Gasteiger partial charge in [0.05, 0.1) is 7.11 Å². The van der Waals surface area contributed by atoms with Crippen molar-refractivity contribution >= 4 is 29.2 Å². The number of carbonyl (C=O) groups is 2. The molecule has 0 spiro atoms. The van der Waals surface area contributed by atoms with Crippen LogP contribution < -0.4 is 10.1 Å². The molecule has 0 aliphatic heterocycles. The van der Waals surface area contributed by atoms with Gasteiger partial charge >= 0.3 is 0 Å². The molecule has 1 N–H and O–H groups in total. The van der Waals surface area contributed by atoms with Gasteiger partial charge in [0.1, 0.15) is 11.8 Å². The number of hydrogen-bond acceptors (Lipinski definition) is 4. The number of benzene rings is 1. The standard InChI is InChI=1S/C21H26N2O3S/c1-15(2)20(21(25)23(3)13-17-11-12-27-14-17)22-19(24)10-7-16-5-8-18(26-4)9-6-16/h5-12,14-15,20H,13H2,1-4H3,(H,22,24)/b10-7+/t20-/m0/s1. The molecule has 0 fully saturated rings. The summed E-state index contributed by atoms with van der Waals surface area (Å²) in [5.74, 6) is 0.362. The first-order chi connectivity index (χ1) is 12.9. The van der Waals surface area contributed by atoms with E-state index in [9.17, 15) is 9.59 Å². The molecule has 2 rings (SSSR count). The molecule has 0 aliphatic carbocycles. The highest BCUT2D eigenvalue weighted by atomic mass is 32.1. The van der Waals surface area contributed by atoms with Crippen molar-refractivity contribution in [2.24, 2.45) is 5.92 Å². The summed E-state index contributed by atoms with van der Waals surface area (Å²) in [5, 5.41) is 6.83. The van der Waals surface area contributed by atoms with E-state index in [0.717, 1.165) is 16.9 Å². The number of thiophene rings is 1. The van der Waals surface area contributed by atoms with Gasteiger partial charge in [-0.1, -0.05) is 26.0 Å². The maximum Gasteiger partial charge on any atom is 0.245 e. The summed E-state index contributed by atoms with van der Waals surface area (Å²) >= 11 is 1.60. The van der Waals surface area contributed by atoms with Crippen LogP contribution in [0.25, 0.3) is 6.08 Å². The zero-order valence-electron chi connectivity index (χ0n) is 16.1. The normalized spacial score (nSPS) is 12.2. The lowest BCUT2D eigenvalue weighted by Gasteiger charge is -2.26. The van der Waals surface area contributed by atoms with Gasteiger partial charge in [-0.25, -0.2) is 0 Å². The Bertz CT molecular complexity index is 767. The summed E-state index contributed by atoms with van der Waals surface area (Å²) in [6.45, 7) is 4.38. The smallest absolute Gasteiger partial charge is 0.245 e. The molecule has 2 amide bonds. The summed E-state index contributed by atoms with van der Waals surface area (Å²) in [6, 6.07) is 8.82. The molecule has 0 aliphatic rings. The van der Waals surface area contributed by atoms with Crippen LogP contribution >= 0.6 is 11.3 Å². The van der Waals surface area contributed by atoms with Crippen LogP contribution in [-0.4, -0.2) is 36.9 Å². The SMILES string of the molecule is COc1ccc(/C=C/C(=O)N[C@H](C(=O)N(C)Cc2ccsc2)C(C)C)cc1. The Labute approximate surface area is 164 Å². The Balaban J connectivity index is 1.97. The molecular formula is C21H26N2O3S. The molecule has 0 bridgehead atoms. The first-order valence-corrected chi connectivity index (χ1v) is 9.73. The minimum atomic E-state index is -0.568. The lowest BCUT2D eigenvalue weighted by Crippen LogP contribution is -2.49. The third-order valence-electron chi connectivity index (χ3n) is 4.15.